The SMILES string of the molecule is CC.C\C=C/C(=C(C#N)\C=C\CC)c1ccc(-c2ccc3cc(N4CCOCC4)ccc3c2)n1C. The lowest BCUT2D eigenvalue weighted by molar-refractivity contribution is 0.122. The molecule has 0 spiro atoms. The van der Waals surface area contributed by atoms with E-state index in [-0.39, 0.29) is 0 Å². The van der Waals surface area contributed by atoms with Gasteiger partial charge >= 0.3 is 0 Å². The standard InChI is InChI=1S/C29H31N3O.C2H6/c1-4-6-8-25(21-30)27(7-5-2)29-14-13-28(31(29)3)24-10-9-23-20-26(12-11-22(23)19-24)32-15-17-33-18-16-32;1-2/h5-14,19-20H,4,15-18H2,1-3H3;1-2H3/b7-5-,8-6+,27-25-;. The Balaban J connectivity index is 0.00000167. The van der Waals surface area contributed by atoms with Crippen LogP contribution in [0.4, 0.5) is 5.69 Å². The van der Waals surface area contributed by atoms with Gasteiger partial charge in [0.05, 0.1) is 24.9 Å². The van der Waals surface area contributed by atoms with Gasteiger partial charge in [-0.1, -0.05) is 57.2 Å². The zero-order valence-corrected chi connectivity index (χ0v) is 21.7. The van der Waals surface area contributed by atoms with Gasteiger partial charge in [-0.15, -0.1) is 0 Å². The monoisotopic (exact) mass is 467 g/mol. The van der Waals surface area contributed by atoms with Gasteiger partial charge in [0.1, 0.15) is 0 Å². The number of fused-ring (bicyclic) bond motifs is 1. The summed E-state index contributed by atoms with van der Waals surface area (Å²) < 4.78 is 7.66. The van der Waals surface area contributed by atoms with Gasteiger partial charge in [-0.25, -0.2) is 0 Å². The third-order valence-electron chi connectivity index (χ3n) is 6.16. The van der Waals surface area contributed by atoms with Crippen LogP contribution >= 0.6 is 0 Å². The number of hydrogen-bond acceptors (Lipinski definition) is 3. The van der Waals surface area contributed by atoms with Crippen molar-refractivity contribution in [1.29, 1.82) is 5.26 Å². The topological polar surface area (TPSA) is 41.2 Å². The number of rotatable bonds is 6. The molecule has 35 heavy (non-hydrogen) atoms. The van der Waals surface area contributed by atoms with Gasteiger partial charge in [0, 0.05) is 42.8 Å². The number of anilines is 1. The summed E-state index contributed by atoms with van der Waals surface area (Å²) in [5.41, 5.74) is 6.19. The van der Waals surface area contributed by atoms with Crippen molar-refractivity contribution in [2.75, 3.05) is 31.2 Å². The summed E-state index contributed by atoms with van der Waals surface area (Å²) in [4.78, 5) is 2.38. The highest BCUT2D eigenvalue weighted by Crippen LogP contribution is 2.31. The molecule has 2 aromatic carbocycles. The van der Waals surface area contributed by atoms with E-state index in [1.807, 2.05) is 45.1 Å². The molecule has 0 unspecified atom stereocenters. The molecular formula is C31H37N3O. The molecule has 0 radical (unpaired) electrons. The maximum absolute atomic E-state index is 9.75. The van der Waals surface area contributed by atoms with Crippen LogP contribution in [0.1, 0.15) is 39.8 Å². The van der Waals surface area contributed by atoms with Gasteiger partial charge in [0.25, 0.3) is 0 Å². The zero-order chi connectivity index (χ0) is 25.2. The van der Waals surface area contributed by atoms with Crippen molar-refractivity contribution in [3.63, 3.8) is 0 Å². The Morgan fingerprint density at radius 3 is 2.40 bits per heavy atom. The molecule has 0 atom stereocenters. The minimum atomic E-state index is 0.678. The fourth-order valence-corrected chi connectivity index (χ4v) is 4.39. The van der Waals surface area contributed by atoms with Gasteiger partial charge in [0.2, 0.25) is 0 Å². The van der Waals surface area contributed by atoms with E-state index in [1.165, 1.54) is 16.5 Å². The molecule has 1 aliphatic rings. The molecule has 1 fully saturated rings. The lowest BCUT2D eigenvalue weighted by Gasteiger charge is -2.29. The molecule has 0 N–H and O–H groups in total. The van der Waals surface area contributed by atoms with Crippen LogP contribution in [0.5, 0.6) is 0 Å². The summed E-state index contributed by atoms with van der Waals surface area (Å²) in [7, 11) is 2.07. The number of allylic oxidation sites excluding steroid dienone is 6. The van der Waals surface area contributed by atoms with Crippen LogP contribution in [-0.4, -0.2) is 30.9 Å². The molecule has 4 rings (SSSR count). The number of nitriles is 1. The van der Waals surface area contributed by atoms with Crippen molar-refractivity contribution in [2.24, 2.45) is 7.05 Å². The highest BCUT2D eigenvalue weighted by atomic mass is 16.5. The fourth-order valence-electron chi connectivity index (χ4n) is 4.39. The number of aromatic nitrogens is 1. The van der Waals surface area contributed by atoms with Crippen molar-refractivity contribution < 1.29 is 4.74 Å². The van der Waals surface area contributed by atoms with Crippen molar-refractivity contribution in [3.8, 4) is 17.3 Å². The maximum atomic E-state index is 9.75. The average Bonchev–Trinajstić information content (AvgIpc) is 3.30. The third kappa shape index (κ3) is 5.93. The van der Waals surface area contributed by atoms with Crippen LogP contribution in [0, 0.1) is 11.3 Å². The second kappa shape index (κ2) is 12.8. The Hall–Kier alpha value is -3.55. The van der Waals surface area contributed by atoms with E-state index in [2.05, 4.69) is 78.0 Å². The first-order valence-corrected chi connectivity index (χ1v) is 12.6. The molecule has 182 valence electrons. The first-order chi connectivity index (χ1) is 17.2. The third-order valence-corrected chi connectivity index (χ3v) is 6.16. The first-order valence-electron chi connectivity index (χ1n) is 12.6. The molecule has 1 saturated heterocycles. The summed E-state index contributed by atoms with van der Waals surface area (Å²) in [6.45, 7) is 11.5. The number of morpholine rings is 1. The number of benzene rings is 2. The fraction of sp³-hybridized carbons (Fsp3) is 0.323. The summed E-state index contributed by atoms with van der Waals surface area (Å²) in [6, 6.07) is 19.9. The lowest BCUT2D eigenvalue weighted by atomic mass is 10.0. The molecule has 1 aromatic heterocycles. The van der Waals surface area contributed by atoms with Gasteiger partial charge in [0.15, 0.2) is 0 Å². The molecular weight excluding hydrogens is 430 g/mol. The van der Waals surface area contributed by atoms with Gasteiger partial charge in [-0.3, -0.25) is 0 Å². The van der Waals surface area contributed by atoms with Crippen molar-refractivity contribution in [3.05, 3.63) is 84.1 Å². The molecule has 0 saturated carbocycles. The van der Waals surface area contributed by atoms with E-state index in [1.54, 1.807) is 0 Å². The Labute approximate surface area is 210 Å². The molecule has 0 bridgehead atoms. The van der Waals surface area contributed by atoms with E-state index >= 15 is 0 Å². The average molecular weight is 468 g/mol. The minimum absolute atomic E-state index is 0.678. The van der Waals surface area contributed by atoms with Crippen molar-refractivity contribution in [1.82, 2.24) is 4.57 Å². The van der Waals surface area contributed by atoms with Gasteiger partial charge in [-0.2, -0.15) is 5.26 Å². The molecule has 2 heterocycles. The molecule has 4 nitrogen and oxygen atoms in total. The predicted molar refractivity (Wildman–Crippen MR) is 150 cm³/mol. The van der Waals surface area contributed by atoms with Crippen LogP contribution in [0.3, 0.4) is 0 Å². The number of nitrogens with zero attached hydrogens (tertiary/aromatic N) is 3. The highest BCUT2D eigenvalue weighted by molar-refractivity contribution is 5.90. The lowest BCUT2D eigenvalue weighted by Crippen LogP contribution is -2.36. The largest absolute Gasteiger partial charge is 0.378 e. The second-order valence-corrected chi connectivity index (χ2v) is 8.26. The summed E-state index contributed by atoms with van der Waals surface area (Å²) in [5, 5.41) is 12.2. The van der Waals surface area contributed by atoms with Crippen LogP contribution in [0.25, 0.3) is 27.6 Å². The second-order valence-electron chi connectivity index (χ2n) is 8.26. The van der Waals surface area contributed by atoms with E-state index < -0.39 is 0 Å². The first kappa shape index (κ1) is 26.1. The normalized spacial score (nSPS) is 14.7. The number of hydrogen-bond donors (Lipinski definition) is 0. The smallest absolute Gasteiger partial charge is 0.0998 e. The number of ether oxygens (including phenoxy) is 1. The Kier molecular flexibility index (Phi) is 9.52. The quantitative estimate of drug-likeness (QED) is 0.278. The summed E-state index contributed by atoms with van der Waals surface area (Å²) in [5.74, 6) is 0. The van der Waals surface area contributed by atoms with Crippen LogP contribution in [0.15, 0.2) is 78.4 Å². The molecule has 4 heteroatoms. The zero-order valence-electron chi connectivity index (χ0n) is 21.7. The Morgan fingerprint density at radius 1 is 1.00 bits per heavy atom. The minimum Gasteiger partial charge on any atom is -0.378 e. The molecule has 3 aromatic rings. The van der Waals surface area contributed by atoms with E-state index in [9.17, 15) is 5.26 Å². The highest BCUT2D eigenvalue weighted by Gasteiger charge is 2.14. The van der Waals surface area contributed by atoms with E-state index in [0.29, 0.717) is 5.57 Å². The Morgan fingerprint density at radius 2 is 1.71 bits per heavy atom. The predicted octanol–water partition coefficient (Wildman–Crippen LogP) is 7.53. The molecule has 0 aliphatic carbocycles. The Bertz CT molecular complexity index is 1260. The van der Waals surface area contributed by atoms with E-state index in [4.69, 9.17) is 4.74 Å². The van der Waals surface area contributed by atoms with Crippen molar-refractivity contribution in [2.45, 2.75) is 34.1 Å². The van der Waals surface area contributed by atoms with Gasteiger partial charge in [-0.05, 0) is 66.1 Å². The molecule has 1 aliphatic heterocycles. The van der Waals surface area contributed by atoms with Gasteiger partial charge < -0.3 is 14.2 Å². The molecule has 0 amide bonds. The van der Waals surface area contributed by atoms with Crippen molar-refractivity contribution >= 4 is 22.0 Å². The summed E-state index contributed by atoms with van der Waals surface area (Å²) in [6.07, 6.45) is 8.86. The van der Waals surface area contributed by atoms with Crippen LogP contribution in [0.2, 0.25) is 0 Å². The van der Waals surface area contributed by atoms with Crippen LogP contribution in [-0.2, 0) is 11.8 Å². The van der Waals surface area contributed by atoms with Crippen LogP contribution < -0.4 is 4.90 Å². The maximum Gasteiger partial charge on any atom is 0.0998 e. The summed E-state index contributed by atoms with van der Waals surface area (Å²) >= 11 is 0. The van der Waals surface area contributed by atoms with E-state index in [0.717, 1.165) is 55.2 Å².